The molecule has 5 heteroatoms. The molecule has 2 amide bonds. The van der Waals surface area contributed by atoms with Crippen molar-refractivity contribution in [2.45, 2.75) is 65.3 Å². The van der Waals surface area contributed by atoms with Gasteiger partial charge in [0.1, 0.15) is 6.29 Å². The van der Waals surface area contributed by atoms with Gasteiger partial charge in [-0.05, 0) is 59.8 Å². The highest BCUT2D eigenvalue weighted by atomic mass is 35.5. The second kappa shape index (κ2) is 7.55. The van der Waals surface area contributed by atoms with Gasteiger partial charge in [-0.1, -0.05) is 51.4 Å². The van der Waals surface area contributed by atoms with Crippen LogP contribution in [0.4, 0.5) is 4.79 Å². The van der Waals surface area contributed by atoms with Crippen LogP contribution in [-0.4, -0.2) is 23.8 Å². The Morgan fingerprint density at radius 2 is 1.96 bits per heavy atom. The molecular weight excluding hydrogens is 372 g/mol. The molecule has 0 bridgehead atoms. The summed E-state index contributed by atoms with van der Waals surface area (Å²) in [7, 11) is 0. The lowest BCUT2D eigenvalue weighted by Crippen LogP contribution is -2.54. The van der Waals surface area contributed by atoms with Crippen LogP contribution in [0.5, 0.6) is 0 Å². The topological polar surface area (TPSA) is 49.4 Å². The standard InChI is InChI=1S/C23H31ClN2O2/c1-15(2)19-14-26(9-6-10-27)21(28)25-23(19,5)17-7-8-18(20(24)11-17)16-12-22(3,4)13-16/h7-8,10-11,14-16H,6,9,12-13H2,1-5H3,(H,25,28)/t23-/m0/s1. The van der Waals surface area contributed by atoms with E-state index in [0.29, 0.717) is 24.3 Å². The van der Waals surface area contributed by atoms with Gasteiger partial charge in [0, 0.05) is 24.2 Å². The van der Waals surface area contributed by atoms with Gasteiger partial charge in [0.15, 0.2) is 0 Å². The van der Waals surface area contributed by atoms with Crippen LogP contribution >= 0.6 is 11.6 Å². The van der Waals surface area contributed by atoms with Crippen molar-refractivity contribution >= 4 is 23.9 Å². The maximum atomic E-state index is 12.7. The third-order valence-corrected chi connectivity index (χ3v) is 6.54. The number of halogens is 1. The minimum absolute atomic E-state index is 0.185. The number of urea groups is 1. The molecule has 1 saturated carbocycles. The molecule has 0 unspecified atom stereocenters. The fourth-order valence-electron chi connectivity index (χ4n) is 4.70. The van der Waals surface area contributed by atoms with Crippen molar-refractivity contribution in [2.75, 3.05) is 6.54 Å². The van der Waals surface area contributed by atoms with E-state index < -0.39 is 5.54 Å². The number of amides is 2. The van der Waals surface area contributed by atoms with Gasteiger partial charge in [0.2, 0.25) is 0 Å². The van der Waals surface area contributed by atoms with E-state index in [1.165, 1.54) is 5.56 Å². The molecule has 3 rings (SSSR count). The molecule has 1 aliphatic carbocycles. The van der Waals surface area contributed by atoms with E-state index >= 15 is 0 Å². The molecule has 4 nitrogen and oxygen atoms in total. The molecule has 1 aromatic rings. The molecule has 0 saturated heterocycles. The number of hydrogen-bond donors (Lipinski definition) is 1. The van der Waals surface area contributed by atoms with E-state index in [9.17, 15) is 9.59 Å². The summed E-state index contributed by atoms with van der Waals surface area (Å²) in [6, 6.07) is 6.06. The number of benzene rings is 1. The predicted octanol–water partition coefficient (Wildman–Crippen LogP) is 5.61. The van der Waals surface area contributed by atoms with Crippen LogP contribution in [0.25, 0.3) is 0 Å². The van der Waals surface area contributed by atoms with Gasteiger partial charge in [-0.3, -0.25) is 0 Å². The molecule has 1 aromatic carbocycles. The van der Waals surface area contributed by atoms with Gasteiger partial charge in [-0.2, -0.15) is 0 Å². The van der Waals surface area contributed by atoms with Gasteiger partial charge in [0.25, 0.3) is 0 Å². The Hall–Kier alpha value is -1.81. The van der Waals surface area contributed by atoms with E-state index in [1.807, 2.05) is 19.2 Å². The van der Waals surface area contributed by atoms with E-state index in [0.717, 1.165) is 35.3 Å². The first-order valence-corrected chi connectivity index (χ1v) is 10.5. The summed E-state index contributed by atoms with van der Waals surface area (Å²) in [5, 5.41) is 3.94. The highest BCUT2D eigenvalue weighted by Gasteiger charge is 2.41. The molecule has 2 aliphatic rings. The van der Waals surface area contributed by atoms with Crippen LogP contribution in [0.2, 0.25) is 5.02 Å². The Balaban J connectivity index is 1.93. The molecule has 1 atom stereocenters. The fourth-order valence-corrected chi connectivity index (χ4v) is 5.03. The zero-order valence-electron chi connectivity index (χ0n) is 17.5. The van der Waals surface area contributed by atoms with Crippen molar-refractivity contribution in [3.63, 3.8) is 0 Å². The largest absolute Gasteiger partial charge is 0.325 e. The van der Waals surface area contributed by atoms with Crippen LogP contribution in [0.1, 0.15) is 70.9 Å². The summed E-state index contributed by atoms with van der Waals surface area (Å²) < 4.78 is 0. The summed E-state index contributed by atoms with van der Waals surface area (Å²) in [6.45, 7) is 11.2. The third kappa shape index (κ3) is 3.84. The predicted molar refractivity (Wildman–Crippen MR) is 113 cm³/mol. The summed E-state index contributed by atoms with van der Waals surface area (Å²) in [5.74, 6) is 0.750. The van der Waals surface area contributed by atoms with Crippen molar-refractivity contribution in [2.24, 2.45) is 11.3 Å². The number of hydrogen-bond acceptors (Lipinski definition) is 2. The van der Waals surface area contributed by atoms with E-state index in [2.05, 4.69) is 45.1 Å². The average Bonchev–Trinajstić information content (AvgIpc) is 2.58. The molecule has 0 radical (unpaired) electrons. The minimum atomic E-state index is -0.621. The van der Waals surface area contributed by atoms with Gasteiger partial charge >= 0.3 is 6.03 Å². The summed E-state index contributed by atoms with van der Waals surface area (Å²) in [5.41, 5.74) is 3.08. The lowest BCUT2D eigenvalue weighted by molar-refractivity contribution is -0.107. The van der Waals surface area contributed by atoms with Crippen molar-refractivity contribution < 1.29 is 9.59 Å². The van der Waals surface area contributed by atoms with Crippen molar-refractivity contribution in [3.8, 4) is 0 Å². The number of carbonyl (C=O) groups excluding carboxylic acids is 2. The number of nitrogens with zero attached hydrogens (tertiary/aromatic N) is 1. The summed E-state index contributed by atoms with van der Waals surface area (Å²) in [4.78, 5) is 25.0. The molecule has 0 aromatic heterocycles. The van der Waals surface area contributed by atoms with Crippen molar-refractivity contribution in [3.05, 3.63) is 46.1 Å². The quantitative estimate of drug-likeness (QED) is 0.628. The fraction of sp³-hybridized carbons (Fsp3) is 0.565. The Labute approximate surface area is 173 Å². The molecule has 1 fully saturated rings. The van der Waals surface area contributed by atoms with E-state index in [-0.39, 0.29) is 11.9 Å². The van der Waals surface area contributed by atoms with Crippen LogP contribution in [0, 0.1) is 11.3 Å². The summed E-state index contributed by atoms with van der Waals surface area (Å²) in [6.07, 6.45) is 5.38. The Morgan fingerprint density at radius 3 is 2.50 bits per heavy atom. The summed E-state index contributed by atoms with van der Waals surface area (Å²) >= 11 is 6.69. The van der Waals surface area contributed by atoms with Gasteiger partial charge in [-0.25, -0.2) is 4.79 Å². The number of nitrogens with one attached hydrogen (secondary N) is 1. The Kier molecular flexibility index (Phi) is 5.64. The molecule has 28 heavy (non-hydrogen) atoms. The first-order valence-electron chi connectivity index (χ1n) is 10.1. The monoisotopic (exact) mass is 402 g/mol. The van der Waals surface area contributed by atoms with Crippen molar-refractivity contribution in [1.29, 1.82) is 0 Å². The first-order chi connectivity index (χ1) is 13.1. The molecule has 1 heterocycles. The third-order valence-electron chi connectivity index (χ3n) is 6.22. The number of carbonyl (C=O) groups is 2. The highest BCUT2D eigenvalue weighted by molar-refractivity contribution is 6.31. The van der Waals surface area contributed by atoms with E-state index in [1.54, 1.807) is 4.90 Å². The molecule has 1 N–H and O–H groups in total. The Morgan fingerprint density at radius 1 is 1.29 bits per heavy atom. The molecule has 0 spiro atoms. The first kappa shape index (κ1) is 20.9. The van der Waals surface area contributed by atoms with Gasteiger partial charge in [-0.15, -0.1) is 0 Å². The second-order valence-electron chi connectivity index (χ2n) is 9.45. The zero-order valence-corrected chi connectivity index (χ0v) is 18.3. The SMILES string of the molecule is CC(C)C1=CN(CCC=O)C(=O)N[C@@]1(C)c1ccc(C2CC(C)(C)C2)c(Cl)c1. The lowest BCUT2D eigenvalue weighted by Gasteiger charge is -2.44. The lowest BCUT2D eigenvalue weighted by atomic mass is 9.62. The zero-order chi connectivity index (χ0) is 20.7. The van der Waals surface area contributed by atoms with Crippen LogP contribution in [0.15, 0.2) is 30.0 Å². The maximum absolute atomic E-state index is 12.7. The maximum Gasteiger partial charge on any atom is 0.322 e. The normalized spacial score (nSPS) is 24.6. The van der Waals surface area contributed by atoms with Crippen LogP contribution in [0.3, 0.4) is 0 Å². The van der Waals surface area contributed by atoms with Crippen LogP contribution in [-0.2, 0) is 10.3 Å². The minimum Gasteiger partial charge on any atom is -0.325 e. The van der Waals surface area contributed by atoms with E-state index in [4.69, 9.17) is 11.6 Å². The average molecular weight is 403 g/mol. The number of aldehydes is 1. The molecular formula is C23H31ClN2O2. The van der Waals surface area contributed by atoms with Gasteiger partial charge < -0.3 is 15.0 Å². The molecule has 1 aliphatic heterocycles. The van der Waals surface area contributed by atoms with Crippen LogP contribution < -0.4 is 5.32 Å². The molecule has 152 valence electrons. The second-order valence-corrected chi connectivity index (χ2v) is 9.86. The number of rotatable bonds is 6. The van der Waals surface area contributed by atoms with Gasteiger partial charge in [0.05, 0.1) is 5.54 Å². The smallest absolute Gasteiger partial charge is 0.322 e. The highest BCUT2D eigenvalue weighted by Crippen LogP contribution is 2.52. The Bertz CT molecular complexity index is 807. The van der Waals surface area contributed by atoms with Crippen molar-refractivity contribution in [1.82, 2.24) is 10.2 Å².